The molecule has 128 valence electrons. The van der Waals surface area contributed by atoms with E-state index in [2.05, 4.69) is 83.4 Å². The fourth-order valence-electron chi connectivity index (χ4n) is 4.20. The first-order valence-corrected chi connectivity index (χ1v) is 9.02. The summed E-state index contributed by atoms with van der Waals surface area (Å²) in [5, 5.41) is 8.20. The van der Waals surface area contributed by atoms with E-state index in [0.717, 1.165) is 33.5 Å². The van der Waals surface area contributed by atoms with Crippen LogP contribution in [0.2, 0.25) is 0 Å². The molecule has 4 nitrogen and oxygen atoms in total. The molecule has 0 unspecified atom stereocenters. The van der Waals surface area contributed by atoms with E-state index >= 15 is 0 Å². The Morgan fingerprint density at radius 3 is 2.37 bits per heavy atom. The molecule has 0 fully saturated rings. The molecule has 0 aliphatic heterocycles. The van der Waals surface area contributed by atoms with Crippen LogP contribution in [-0.2, 0) is 7.05 Å². The van der Waals surface area contributed by atoms with E-state index in [9.17, 15) is 0 Å². The number of imidazole rings is 1. The van der Waals surface area contributed by atoms with Gasteiger partial charge in [0.2, 0.25) is 0 Å². The first-order chi connectivity index (χ1) is 13.3. The minimum atomic E-state index is 0.971. The van der Waals surface area contributed by atoms with Crippen LogP contribution in [0.15, 0.2) is 79.0 Å². The Hall–Kier alpha value is -3.66. The van der Waals surface area contributed by atoms with Gasteiger partial charge in [-0.1, -0.05) is 48.5 Å². The predicted octanol–water partition coefficient (Wildman–Crippen LogP) is 5.19. The molecule has 0 amide bonds. The van der Waals surface area contributed by atoms with Gasteiger partial charge < -0.3 is 4.57 Å². The van der Waals surface area contributed by atoms with Gasteiger partial charge in [0.1, 0.15) is 5.82 Å². The van der Waals surface area contributed by atoms with Crippen LogP contribution in [0.5, 0.6) is 0 Å². The van der Waals surface area contributed by atoms with Crippen LogP contribution >= 0.6 is 0 Å². The number of benzene rings is 3. The lowest BCUT2D eigenvalue weighted by molar-refractivity contribution is 0.960. The highest BCUT2D eigenvalue weighted by molar-refractivity contribution is 6.17. The molecule has 0 atom stereocenters. The summed E-state index contributed by atoms with van der Waals surface area (Å²) < 4.78 is 4.20. The molecule has 0 N–H and O–H groups in total. The summed E-state index contributed by atoms with van der Waals surface area (Å²) in [4.78, 5) is 4.94. The van der Waals surface area contributed by atoms with Crippen LogP contribution in [-0.4, -0.2) is 19.2 Å². The largest absolute Gasteiger partial charge is 0.327 e. The third-order valence-electron chi connectivity index (χ3n) is 5.41. The second-order valence-electron chi connectivity index (χ2n) is 6.86. The number of hydrogen-bond acceptors (Lipinski definition) is 2. The van der Waals surface area contributed by atoms with Crippen LogP contribution in [0.1, 0.15) is 0 Å². The molecule has 6 rings (SSSR count). The van der Waals surface area contributed by atoms with Crippen LogP contribution < -0.4 is 0 Å². The third kappa shape index (κ3) is 1.87. The molecule has 0 saturated carbocycles. The van der Waals surface area contributed by atoms with Gasteiger partial charge in [-0.3, -0.25) is 0 Å². The van der Waals surface area contributed by atoms with Gasteiger partial charge in [0.25, 0.3) is 0 Å². The number of nitrogens with zero attached hydrogens (tertiary/aromatic N) is 4. The smallest absolute Gasteiger partial charge is 0.141 e. The van der Waals surface area contributed by atoms with E-state index < -0.39 is 0 Å². The topological polar surface area (TPSA) is 35.1 Å². The number of aryl methyl sites for hydroxylation is 1. The fraction of sp³-hybridized carbons (Fsp3) is 0.0435. The molecule has 0 aliphatic rings. The Bertz CT molecular complexity index is 1490. The summed E-state index contributed by atoms with van der Waals surface area (Å²) in [6, 6.07) is 25.3. The zero-order chi connectivity index (χ0) is 18.0. The molecule has 0 bridgehead atoms. The van der Waals surface area contributed by atoms with Crippen molar-refractivity contribution in [3.05, 3.63) is 79.0 Å². The average molecular weight is 348 g/mol. The summed E-state index contributed by atoms with van der Waals surface area (Å²) in [6.07, 6.45) is 1.86. The second-order valence-corrected chi connectivity index (χ2v) is 6.86. The van der Waals surface area contributed by atoms with Gasteiger partial charge in [-0.2, -0.15) is 5.10 Å². The van der Waals surface area contributed by atoms with E-state index in [-0.39, 0.29) is 0 Å². The van der Waals surface area contributed by atoms with Gasteiger partial charge in [0.05, 0.1) is 28.3 Å². The summed E-state index contributed by atoms with van der Waals surface area (Å²) >= 11 is 0. The molecule has 3 aromatic heterocycles. The normalized spacial score (nSPS) is 11.9. The third-order valence-corrected chi connectivity index (χ3v) is 5.41. The van der Waals surface area contributed by atoms with Crippen LogP contribution in [0.25, 0.3) is 49.6 Å². The predicted molar refractivity (Wildman–Crippen MR) is 110 cm³/mol. The lowest BCUT2D eigenvalue weighted by Crippen LogP contribution is -1.97. The van der Waals surface area contributed by atoms with Gasteiger partial charge >= 0.3 is 0 Å². The molecular weight excluding hydrogens is 332 g/mol. The first kappa shape index (κ1) is 14.5. The molecule has 0 saturated heterocycles. The van der Waals surface area contributed by atoms with Crippen molar-refractivity contribution in [1.82, 2.24) is 19.2 Å². The number of para-hydroxylation sites is 2. The van der Waals surface area contributed by atoms with Crippen molar-refractivity contribution in [2.24, 2.45) is 7.05 Å². The number of pyridine rings is 1. The Morgan fingerprint density at radius 2 is 1.48 bits per heavy atom. The van der Waals surface area contributed by atoms with E-state index in [1.54, 1.807) is 0 Å². The number of aromatic nitrogens is 4. The van der Waals surface area contributed by atoms with E-state index in [1.165, 1.54) is 16.2 Å². The Balaban J connectivity index is 1.86. The zero-order valence-electron chi connectivity index (χ0n) is 14.8. The Morgan fingerprint density at radius 1 is 0.704 bits per heavy atom. The highest BCUT2D eigenvalue weighted by Gasteiger charge is 2.16. The van der Waals surface area contributed by atoms with Gasteiger partial charge in [0, 0.05) is 23.4 Å². The summed E-state index contributed by atoms with van der Waals surface area (Å²) in [5.41, 5.74) is 5.49. The maximum absolute atomic E-state index is 4.94. The maximum atomic E-state index is 4.94. The highest BCUT2D eigenvalue weighted by Crippen LogP contribution is 2.36. The molecule has 6 aromatic rings. The van der Waals surface area contributed by atoms with Crippen LogP contribution in [0.4, 0.5) is 0 Å². The minimum Gasteiger partial charge on any atom is -0.327 e. The van der Waals surface area contributed by atoms with Crippen LogP contribution in [0.3, 0.4) is 0 Å². The van der Waals surface area contributed by atoms with Crippen LogP contribution in [0, 0.1) is 0 Å². The number of hydrogen-bond donors (Lipinski definition) is 0. The monoisotopic (exact) mass is 348 g/mol. The van der Waals surface area contributed by atoms with Gasteiger partial charge in [-0.15, -0.1) is 0 Å². The van der Waals surface area contributed by atoms with Crippen molar-refractivity contribution in [3.63, 3.8) is 0 Å². The lowest BCUT2D eigenvalue weighted by atomic mass is 10.00. The summed E-state index contributed by atoms with van der Waals surface area (Å²) in [6.45, 7) is 0. The molecule has 3 aromatic carbocycles. The van der Waals surface area contributed by atoms with Crippen molar-refractivity contribution >= 4 is 38.2 Å². The van der Waals surface area contributed by atoms with E-state index in [4.69, 9.17) is 4.98 Å². The minimum absolute atomic E-state index is 0.971. The quantitative estimate of drug-likeness (QED) is 0.383. The van der Waals surface area contributed by atoms with Gasteiger partial charge in [0.15, 0.2) is 0 Å². The second kappa shape index (κ2) is 5.17. The van der Waals surface area contributed by atoms with E-state index in [1.807, 2.05) is 16.8 Å². The summed E-state index contributed by atoms with van der Waals surface area (Å²) in [7, 11) is 2.08. The average Bonchev–Trinajstić information content (AvgIpc) is 3.33. The standard InChI is InChI=1S/C23H16N4/c1-26-20-11-5-4-10-18(20)25-23(26)17-9-6-12-21-22(17)16-8-3-2-7-15(16)19-13-14-24-27(19)21/h2-14H,1H3. The van der Waals surface area contributed by atoms with Crippen molar-refractivity contribution in [2.75, 3.05) is 0 Å². The Labute approximate surface area is 155 Å². The highest BCUT2D eigenvalue weighted by atomic mass is 15.2. The molecule has 0 spiro atoms. The number of fused-ring (bicyclic) bond motifs is 7. The van der Waals surface area contributed by atoms with Crippen molar-refractivity contribution in [3.8, 4) is 11.4 Å². The SMILES string of the molecule is Cn1c(-c2cccc3c2c2ccccc2c2ccnn23)nc2ccccc21. The van der Waals surface area contributed by atoms with E-state index in [0.29, 0.717) is 0 Å². The molecule has 3 heterocycles. The number of rotatable bonds is 1. The Kier molecular flexibility index (Phi) is 2.78. The molecule has 4 heteroatoms. The fourth-order valence-corrected chi connectivity index (χ4v) is 4.20. The van der Waals surface area contributed by atoms with Gasteiger partial charge in [-0.05, 0) is 29.7 Å². The molecule has 0 aliphatic carbocycles. The van der Waals surface area contributed by atoms with Crippen molar-refractivity contribution in [2.45, 2.75) is 0 Å². The lowest BCUT2D eigenvalue weighted by Gasteiger charge is -2.12. The molecule has 0 radical (unpaired) electrons. The molecule has 27 heavy (non-hydrogen) atoms. The van der Waals surface area contributed by atoms with Crippen molar-refractivity contribution in [1.29, 1.82) is 0 Å². The first-order valence-electron chi connectivity index (χ1n) is 9.02. The molecular formula is C23H16N4. The van der Waals surface area contributed by atoms with Gasteiger partial charge in [-0.25, -0.2) is 9.50 Å². The zero-order valence-corrected chi connectivity index (χ0v) is 14.8. The van der Waals surface area contributed by atoms with Crippen molar-refractivity contribution < 1.29 is 0 Å². The summed E-state index contributed by atoms with van der Waals surface area (Å²) in [5.74, 6) is 0.971. The maximum Gasteiger partial charge on any atom is 0.141 e.